The van der Waals surface area contributed by atoms with Gasteiger partial charge in [-0.05, 0) is 97.4 Å². The Kier molecular flexibility index (Phi) is 4.98. The zero-order valence-electron chi connectivity index (χ0n) is 20.1. The van der Waals surface area contributed by atoms with Crippen LogP contribution in [0.5, 0.6) is 0 Å². The van der Waals surface area contributed by atoms with Gasteiger partial charge in [0.1, 0.15) is 0 Å². The number of carbonyl (C=O) groups is 1. The summed E-state index contributed by atoms with van der Waals surface area (Å²) < 4.78 is 0. The van der Waals surface area contributed by atoms with E-state index in [-0.39, 0.29) is 10.8 Å². The second kappa shape index (κ2) is 7.94. The Morgan fingerprint density at radius 2 is 1.91 bits per heavy atom. The van der Waals surface area contributed by atoms with Crippen LogP contribution in [0, 0.1) is 18.3 Å². The van der Waals surface area contributed by atoms with E-state index in [1.54, 1.807) is 0 Å². The van der Waals surface area contributed by atoms with Crippen molar-refractivity contribution < 1.29 is 4.79 Å². The van der Waals surface area contributed by atoms with E-state index in [4.69, 9.17) is 0 Å². The normalized spacial score (nSPS) is 27.4. The number of hydrogen-bond donors (Lipinski definition) is 1. The smallest absolute Gasteiger partial charge is 0.156 e. The molecule has 0 bridgehead atoms. The number of pyridine rings is 1. The van der Waals surface area contributed by atoms with Gasteiger partial charge in [-0.3, -0.25) is 9.78 Å². The van der Waals surface area contributed by atoms with Gasteiger partial charge >= 0.3 is 0 Å². The maximum atomic E-state index is 12.6. The van der Waals surface area contributed by atoms with Crippen LogP contribution in [0.25, 0.3) is 0 Å². The van der Waals surface area contributed by atoms with E-state index in [1.165, 1.54) is 22.3 Å². The van der Waals surface area contributed by atoms with Crippen molar-refractivity contribution >= 4 is 17.2 Å². The molecule has 6 rings (SSSR count). The zero-order valence-corrected chi connectivity index (χ0v) is 20.1. The highest BCUT2D eigenvalue weighted by Gasteiger charge is 2.55. The van der Waals surface area contributed by atoms with Crippen LogP contribution >= 0.6 is 0 Å². The molecule has 172 valence electrons. The number of ketones is 1. The molecule has 1 N–H and O–H groups in total. The molecule has 0 saturated heterocycles. The van der Waals surface area contributed by atoms with Gasteiger partial charge in [0.25, 0.3) is 0 Å². The average Bonchev–Trinajstić information content (AvgIpc) is 3.15. The Labute approximate surface area is 202 Å². The largest absolute Gasteiger partial charge is 0.354 e. The van der Waals surface area contributed by atoms with Crippen molar-refractivity contribution in [2.45, 2.75) is 57.8 Å². The van der Waals surface area contributed by atoms with Crippen molar-refractivity contribution in [3.8, 4) is 0 Å². The van der Waals surface area contributed by atoms with Crippen LogP contribution in [0.3, 0.4) is 0 Å². The van der Waals surface area contributed by atoms with Crippen LogP contribution in [0.1, 0.15) is 55.0 Å². The number of anilines is 2. The number of nitrogens with one attached hydrogen (secondary N) is 1. The lowest BCUT2D eigenvalue weighted by atomic mass is 9.49. The summed E-state index contributed by atoms with van der Waals surface area (Å²) in [5, 5.41) is 3.59. The summed E-state index contributed by atoms with van der Waals surface area (Å²) >= 11 is 0. The lowest BCUT2D eigenvalue weighted by Gasteiger charge is -2.54. The molecule has 1 heterocycles. The summed E-state index contributed by atoms with van der Waals surface area (Å²) in [5.74, 6) is 0.759. The number of fused-ring (bicyclic) bond motifs is 5. The third-order valence-electron chi connectivity index (χ3n) is 8.74. The predicted molar refractivity (Wildman–Crippen MR) is 137 cm³/mol. The minimum absolute atomic E-state index is 0.0493. The lowest BCUT2D eigenvalue weighted by molar-refractivity contribution is -0.115. The molecule has 1 saturated carbocycles. The highest BCUT2D eigenvalue weighted by Crippen LogP contribution is 2.61. The molecule has 1 fully saturated rings. The van der Waals surface area contributed by atoms with E-state index in [0.29, 0.717) is 18.1 Å². The number of benzene rings is 2. The minimum Gasteiger partial charge on any atom is -0.354 e. The first-order valence-electron chi connectivity index (χ1n) is 12.6. The predicted octanol–water partition coefficient (Wildman–Crippen LogP) is 6.88. The molecule has 3 heteroatoms. The Morgan fingerprint density at radius 3 is 2.74 bits per heavy atom. The molecule has 2 aromatic carbocycles. The maximum Gasteiger partial charge on any atom is 0.156 e. The number of rotatable bonds is 4. The highest BCUT2D eigenvalue weighted by molar-refractivity contribution is 5.94. The quantitative estimate of drug-likeness (QED) is 0.473. The van der Waals surface area contributed by atoms with E-state index in [2.05, 4.69) is 71.8 Å². The number of carbonyl (C=O) groups excluding carboxylic acids is 1. The third kappa shape index (κ3) is 3.41. The number of hydrogen-bond acceptors (Lipinski definition) is 3. The van der Waals surface area contributed by atoms with E-state index < -0.39 is 0 Å². The molecular weight excluding hydrogens is 416 g/mol. The van der Waals surface area contributed by atoms with Crippen molar-refractivity contribution in [3.63, 3.8) is 0 Å². The zero-order chi connectivity index (χ0) is 23.3. The number of aromatic nitrogens is 1. The minimum atomic E-state index is 0.0493. The summed E-state index contributed by atoms with van der Waals surface area (Å²) in [4.78, 5) is 17.0. The number of aryl methyl sites for hydroxylation is 2. The van der Waals surface area contributed by atoms with Crippen molar-refractivity contribution in [3.05, 3.63) is 101 Å². The van der Waals surface area contributed by atoms with Gasteiger partial charge in [-0.2, -0.15) is 0 Å². The summed E-state index contributed by atoms with van der Waals surface area (Å²) in [6, 6.07) is 22.0. The van der Waals surface area contributed by atoms with E-state index in [0.717, 1.165) is 49.2 Å². The molecule has 0 unspecified atom stereocenters. The van der Waals surface area contributed by atoms with Crippen LogP contribution in [-0.2, 0) is 23.1 Å². The first-order chi connectivity index (χ1) is 16.5. The van der Waals surface area contributed by atoms with E-state index >= 15 is 0 Å². The van der Waals surface area contributed by atoms with Crippen LogP contribution in [0.2, 0.25) is 0 Å². The van der Waals surface area contributed by atoms with E-state index in [1.807, 2.05) is 25.3 Å². The summed E-state index contributed by atoms with van der Waals surface area (Å²) in [6.45, 7) is 4.37. The lowest BCUT2D eigenvalue weighted by Crippen LogP contribution is -2.48. The fourth-order valence-electron chi connectivity index (χ4n) is 7.07. The fourth-order valence-corrected chi connectivity index (χ4v) is 7.07. The Bertz CT molecular complexity index is 1290. The van der Waals surface area contributed by atoms with Crippen molar-refractivity contribution in [1.29, 1.82) is 0 Å². The first kappa shape index (κ1) is 21.3. The third-order valence-corrected chi connectivity index (χ3v) is 8.74. The number of allylic oxidation sites excluding steroid dienone is 2. The van der Waals surface area contributed by atoms with Crippen molar-refractivity contribution in [2.75, 3.05) is 5.32 Å². The van der Waals surface area contributed by atoms with Crippen molar-refractivity contribution in [1.82, 2.24) is 4.98 Å². The molecular formula is C31H32N2O. The van der Waals surface area contributed by atoms with Crippen LogP contribution in [0.4, 0.5) is 11.4 Å². The summed E-state index contributed by atoms with van der Waals surface area (Å²) in [5.41, 5.74) is 9.05. The highest BCUT2D eigenvalue weighted by atomic mass is 16.1. The monoisotopic (exact) mass is 448 g/mol. The molecule has 34 heavy (non-hydrogen) atoms. The van der Waals surface area contributed by atoms with Gasteiger partial charge < -0.3 is 5.32 Å². The SMILES string of the molecule is Cc1ncccc1Nc1ccc2c(c1)CC[C@@H]1C3=CC(=O)C[C@]3(C)CC[C@@]21Cc1ccccc1. The molecule has 3 aromatic rings. The number of nitrogens with zero attached hydrogens (tertiary/aromatic N) is 1. The van der Waals surface area contributed by atoms with Gasteiger partial charge in [0.05, 0.1) is 11.4 Å². The topological polar surface area (TPSA) is 42.0 Å². The fraction of sp³-hybridized carbons (Fsp3) is 0.355. The molecule has 3 atom stereocenters. The van der Waals surface area contributed by atoms with Gasteiger partial charge in [-0.25, -0.2) is 0 Å². The standard InChI is InChI=1S/C31H32N2O/c1-21-29(9-6-16-32-21)33-24-11-13-26-23(17-24)10-12-27-28-18-25(34)20-30(28,2)14-15-31(26,27)19-22-7-4-3-5-8-22/h3-9,11,13,16-18,27,33H,10,12,14-15,19-20H2,1-2H3/t27-,30+,31-/m1/s1. The van der Waals surface area contributed by atoms with Crippen LogP contribution in [-0.4, -0.2) is 10.8 Å². The maximum absolute atomic E-state index is 12.6. The molecule has 0 spiro atoms. The van der Waals surface area contributed by atoms with Crippen molar-refractivity contribution in [2.24, 2.45) is 11.3 Å². The molecule has 3 aliphatic carbocycles. The van der Waals surface area contributed by atoms with Gasteiger partial charge in [0.15, 0.2) is 5.78 Å². The van der Waals surface area contributed by atoms with Gasteiger partial charge in [0.2, 0.25) is 0 Å². The summed E-state index contributed by atoms with van der Waals surface area (Å²) in [6.07, 6.45) is 9.97. The first-order valence-corrected chi connectivity index (χ1v) is 12.6. The van der Waals surface area contributed by atoms with Gasteiger partial charge in [-0.1, -0.05) is 48.9 Å². The molecule has 1 aromatic heterocycles. The Balaban J connectivity index is 1.43. The molecule has 3 aliphatic rings. The summed E-state index contributed by atoms with van der Waals surface area (Å²) in [7, 11) is 0. The van der Waals surface area contributed by atoms with Gasteiger partial charge in [0, 0.05) is 23.7 Å². The van der Waals surface area contributed by atoms with Crippen LogP contribution < -0.4 is 5.32 Å². The van der Waals surface area contributed by atoms with E-state index in [9.17, 15) is 4.79 Å². The Morgan fingerprint density at radius 1 is 1.06 bits per heavy atom. The second-order valence-electron chi connectivity index (χ2n) is 10.8. The average molecular weight is 449 g/mol. The van der Waals surface area contributed by atoms with Crippen LogP contribution in [0.15, 0.2) is 78.5 Å². The molecule has 0 amide bonds. The molecule has 3 nitrogen and oxygen atoms in total. The molecule has 0 aliphatic heterocycles. The van der Waals surface area contributed by atoms with Gasteiger partial charge in [-0.15, -0.1) is 0 Å². The second-order valence-corrected chi connectivity index (χ2v) is 10.8. The molecule has 0 radical (unpaired) electrons. The Hall–Kier alpha value is -3.20.